The van der Waals surface area contributed by atoms with E-state index in [9.17, 15) is 0 Å². The molecular formula is C10H18S. The first-order valence-corrected chi connectivity index (χ1v) is 4.36. The van der Waals surface area contributed by atoms with Crippen LogP contribution in [0.5, 0.6) is 0 Å². The highest BCUT2D eigenvalue weighted by atomic mass is 32.1. The van der Waals surface area contributed by atoms with Crippen molar-refractivity contribution in [2.45, 2.75) is 39.4 Å². The van der Waals surface area contributed by atoms with Crippen LogP contribution in [0.25, 0.3) is 0 Å². The number of hydrogen-bond donors (Lipinski definition) is 1. The van der Waals surface area contributed by atoms with Gasteiger partial charge in [0, 0.05) is 4.75 Å². The Bertz CT molecular complexity index is 180. The molecule has 0 heterocycles. The van der Waals surface area contributed by atoms with Crippen LogP contribution in [0.1, 0.15) is 34.6 Å². The molecule has 0 nitrogen and oxygen atoms in total. The minimum atomic E-state index is -0.00560. The lowest BCUT2D eigenvalue weighted by Gasteiger charge is -2.13. The minimum absolute atomic E-state index is 0.00560. The van der Waals surface area contributed by atoms with Gasteiger partial charge in [0.15, 0.2) is 0 Å². The molecule has 0 unspecified atom stereocenters. The van der Waals surface area contributed by atoms with Crippen molar-refractivity contribution < 1.29 is 0 Å². The van der Waals surface area contributed by atoms with Crippen molar-refractivity contribution in [2.75, 3.05) is 0 Å². The second-order valence-corrected chi connectivity index (χ2v) is 4.61. The molecule has 0 bridgehead atoms. The molecular weight excluding hydrogens is 152 g/mol. The molecule has 0 saturated heterocycles. The van der Waals surface area contributed by atoms with E-state index in [0.29, 0.717) is 0 Å². The zero-order valence-corrected chi connectivity index (χ0v) is 9.00. The molecule has 64 valence electrons. The molecule has 0 amide bonds. The van der Waals surface area contributed by atoms with Crippen molar-refractivity contribution in [1.82, 2.24) is 0 Å². The third-order valence-corrected chi connectivity index (χ3v) is 1.75. The van der Waals surface area contributed by atoms with E-state index in [1.54, 1.807) is 0 Å². The van der Waals surface area contributed by atoms with Gasteiger partial charge in [-0.3, -0.25) is 0 Å². The Morgan fingerprint density at radius 2 is 1.64 bits per heavy atom. The molecule has 0 aromatic heterocycles. The number of hydrogen-bond acceptors (Lipinski definition) is 1. The van der Waals surface area contributed by atoms with Gasteiger partial charge in [-0.1, -0.05) is 23.3 Å². The van der Waals surface area contributed by atoms with Crippen molar-refractivity contribution in [3.63, 3.8) is 0 Å². The lowest BCUT2D eigenvalue weighted by molar-refractivity contribution is 0.897. The highest BCUT2D eigenvalue weighted by Crippen LogP contribution is 2.19. The average molecular weight is 170 g/mol. The van der Waals surface area contributed by atoms with Gasteiger partial charge in [-0.2, -0.15) is 12.6 Å². The summed E-state index contributed by atoms with van der Waals surface area (Å²) in [5.41, 5.74) is 2.64. The summed E-state index contributed by atoms with van der Waals surface area (Å²) in [5, 5.41) is 0. The van der Waals surface area contributed by atoms with Gasteiger partial charge in [-0.15, -0.1) is 0 Å². The van der Waals surface area contributed by atoms with Crippen molar-refractivity contribution in [1.29, 1.82) is 0 Å². The fourth-order valence-electron chi connectivity index (χ4n) is 0.871. The molecule has 11 heavy (non-hydrogen) atoms. The maximum Gasteiger partial charge on any atom is 0.0257 e. The quantitative estimate of drug-likeness (QED) is 0.475. The molecule has 0 radical (unpaired) electrons. The van der Waals surface area contributed by atoms with Crippen LogP contribution in [-0.4, -0.2) is 4.75 Å². The molecule has 0 atom stereocenters. The van der Waals surface area contributed by atoms with Crippen molar-refractivity contribution in [2.24, 2.45) is 0 Å². The molecule has 0 N–H and O–H groups in total. The first-order valence-electron chi connectivity index (χ1n) is 3.92. The summed E-state index contributed by atoms with van der Waals surface area (Å²) >= 11 is 4.42. The molecule has 0 rings (SSSR count). The summed E-state index contributed by atoms with van der Waals surface area (Å²) in [6.07, 6.45) is 4.29. The second kappa shape index (κ2) is 4.01. The van der Waals surface area contributed by atoms with Crippen molar-refractivity contribution in [3.8, 4) is 0 Å². The predicted octanol–water partition coefficient (Wildman–Crippen LogP) is 3.61. The Hall–Kier alpha value is -0.170. The van der Waals surface area contributed by atoms with Gasteiger partial charge < -0.3 is 0 Å². The van der Waals surface area contributed by atoms with Gasteiger partial charge in [0.2, 0.25) is 0 Å². The summed E-state index contributed by atoms with van der Waals surface area (Å²) < 4.78 is -0.00560. The van der Waals surface area contributed by atoms with Crippen LogP contribution in [0.15, 0.2) is 23.3 Å². The second-order valence-electron chi connectivity index (χ2n) is 3.45. The van der Waals surface area contributed by atoms with Gasteiger partial charge in [0.1, 0.15) is 0 Å². The smallest absolute Gasteiger partial charge is 0.0257 e. The van der Waals surface area contributed by atoms with E-state index >= 15 is 0 Å². The molecule has 1 heteroatoms. The van der Waals surface area contributed by atoms with Crippen LogP contribution in [0.4, 0.5) is 0 Å². The summed E-state index contributed by atoms with van der Waals surface area (Å²) in [5.74, 6) is 0. The maximum absolute atomic E-state index is 4.42. The molecule has 0 spiro atoms. The van der Waals surface area contributed by atoms with Crippen LogP contribution in [0.2, 0.25) is 0 Å². The van der Waals surface area contributed by atoms with Crippen LogP contribution >= 0.6 is 12.6 Å². The fraction of sp³-hybridized carbons (Fsp3) is 0.600. The van der Waals surface area contributed by atoms with Crippen LogP contribution in [0.3, 0.4) is 0 Å². The van der Waals surface area contributed by atoms with E-state index in [1.807, 2.05) is 0 Å². The highest BCUT2D eigenvalue weighted by Gasteiger charge is 2.07. The van der Waals surface area contributed by atoms with E-state index in [2.05, 4.69) is 59.4 Å². The first kappa shape index (κ1) is 10.8. The summed E-state index contributed by atoms with van der Waals surface area (Å²) in [6.45, 7) is 10.5. The van der Waals surface area contributed by atoms with E-state index in [4.69, 9.17) is 0 Å². The summed E-state index contributed by atoms with van der Waals surface area (Å²) in [4.78, 5) is 0. The van der Waals surface area contributed by atoms with Crippen LogP contribution in [-0.2, 0) is 0 Å². The van der Waals surface area contributed by atoms with E-state index in [1.165, 1.54) is 11.1 Å². The molecule has 0 aliphatic carbocycles. The summed E-state index contributed by atoms with van der Waals surface area (Å²) in [6, 6.07) is 0. The van der Waals surface area contributed by atoms with Gasteiger partial charge in [-0.25, -0.2) is 0 Å². The van der Waals surface area contributed by atoms with Gasteiger partial charge >= 0.3 is 0 Å². The van der Waals surface area contributed by atoms with Gasteiger partial charge in [0.05, 0.1) is 0 Å². The van der Waals surface area contributed by atoms with Crippen molar-refractivity contribution >= 4 is 12.6 Å². The Morgan fingerprint density at radius 1 is 1.18 bits per heavy atom. The monoisotopic (exact) mass is 170 g/mol. The van der Waals surface area contributed by atoms with Gasteiger partial charge in [-0.05, 0) is 34.6 Å². The highest BCUT2D eigenvalue weighted by molar-refractivity contribution is 7.82. The van der Waals surface area contributed by atoms with E-state index in [-0.39, 0.29) is 4.75 Å². The Labute approximate surface area is 75.8 Å². The third-order valence-electron chi connectivity index (χ3n) is 1.62. The largest absolute Gasteiger partial charge is 0.169 e. The normalized spacial score (nSPS) is 15.5. The molecule has 0 fully saturated rings. The Morgan fingerprint density at radius 3 is 1.91 bits per heavy atom. The standard InChI is InChI=1S/C10H18S/c1-6-8(2)9(3)7-10(4,5)11/h6-7,11H,1-5H3. The number of thiol groups is 1. The number of rotatable bonds is 2. The minimum Gasteiger partial charge on any atom is -0.169 e. The lowest BCUT2D eigenvalue weighted by atomic mass is 10.0. The predicted molar refractivity (Wildman–Crippen MR) is 56.3 cm³/mol. The van der Waals surface area contributed by atoms with Crippen molar-refractivity contribution in [3.05, 3.63) is 23.3 Å². The first-order chi connectivity index (χ1) is 4.87. The Balaban J connectivity index is 4.48. The zero-order valence-electron chi connectivity index (χ0n) is 8.10. The molecule has 0 aromatic carbocycles. The zero-order chi connectivity index (χ0) is 9.07. The molecule has 0 aliphatic heterocycles. The van der Waals surface area contributed by atoms with E-state index in [0.717, 1.165) is 0 Å². The van der Waals surface area contributed by atoms with Gasteiger partial charge in [0.25, 0.3) is 0 Å². The maximum atomic E-state index is 4.42. The SMILES string of the molecule is CC=C(C)C(C)=CC(C)(C)S. The fourth-order valence-corrected chi connectivity index (χ4v) is 1.06. The topological polar surface area (TPSA) is 0 Å². The third kappa shape index (κ3) is 5.14. The molecule has 0 aromatic rings. The molecule has 0 aliphatic rings. The molecule has 0 saturated carbocycles. The van der Waals surface area contributed by atoms with Crippen LogP contribution in [0, 0.1) is 0 Å². The average Bonchev–Trinajstić information content (AvgIpc) is 1.82. The lowest BCUT2D eigenvalue weighted by Crippen LogP contribution is -2.05. The van der Waals surface area contributed by atoms with Crippen LogP contribution < -0.4 is 0 Å². The Kier molecular flexibility index (Phi) is 3.95. The summed E-state index contributed by atoms with van der Waals surface area (Å²) in [7, 11) is 0. The number of allylic oxidation sites excluding steroid dienone is 3. The van der Waals surface area contributed by atoms with E-state index < -0.39 is 0 Å².